The van der Waals surface area contributed by atoms with Gasteiger partial charge in [-0.1, -0.05) is 30.3 Å². The highest BCUT2D eigenvalue weighted by Gasteiger charge is 2.39. The van der Waals surface area contributed by atoms with E-state index in [4.69, 9.17) is 9.05 Å². The number of hydrogen-bond acceptors (Lipinski definition) is 5. The van der Waals surface area contributed by atoms with Crippen LogP contribution in [0.5, 0.6) is 0 Å². The molecule has 0 fully saturated rings. The summed E-state index contributed by atoms with van der Waals surface area (Å²) < 4.78 is 25.8. The number of hydrogen-bond donors (Lipinski definition) is 1. The highest BCUT2D eigenvalue weighted by Crippen LogP contribution is 2.62. The second kappa shape index (κ2) is 10.8. The van der Waals surface area contributed by atoms with Crippen LogP contribution in [0, 0.1) is 0 Å². The van der Waals surface area contributed by atoms with Crippen molar-refractivity contribution in [2.24, 2.45) is 0 Å². The average Bonchev–Trinajstić information content (AvgIpc) is 2.67. The van der Waals surface area contributed by atoms with Gasteiger partial charge >= 0.3 is 7.60 Å². The minimum absolute atomic E-state index is 0.227. The molecule has 0 aliphatic carbocycles. The maximum Gasteiger partial charge on any atom is 0.357 e. The van der Waals surface area contributed by atoms with Gasteiger partial charge in [0.25, 0.3) is 0 Å². The quantitative estimate of drug-likeness (QED) is 0.412. The molecular formula is C23H35N2O3P. The molecule has 2 aromatic carbocycles. The number of anilines is 2. The van der Waals surface area contributed by atoms with Crippen LogP contribution in [0.2, 0.25) is 0 Å². The first kappa shape index (κ1) is 23.5. The van der Waals surface area contributed by atoms with E-state index in [9.17, 15) is 4.57 Å². The van der Waals surface area contributed by atoms with Gasteiger partial charge < -0.3 is 19.3 Å². The van der Waals surface area contributed by atoms with E-state index in [-0.39, 0.29) is 12.2 Å². The Bertz CT molecular complexity index is 760. The fourth-order valence-corrected chi connectivity index (χ4v) is 5.54. The maximum atomic E-state index is 14.0. The third-order valence-corrected chi connectivity index (χ3v) is 6.94. The summed E-state index contributed by atoms with van der Waals surface area (Å²) in [6.07, 6.45) is -0.454. The van der Waals surface area contributed by atoms with Gasteiger partial charge in [0.15, 0.2) is 5.78 Å². The molecule has 1 atom stereocenters. The van der Waals surface area contributed by atoms with E-state index in [0.29, 0.717) is 0 Å². The molecule has 2 aromatic rings. The molecule has 0 bridgehead atoms. The second-order valence-corrected chi connectivity index (χ2v) is 9.54. The topological polar surface area (TPSA) is 50.8 Å². The smallest absolute Gasteiger partial charge is 0.357 e. The second-order valence-electron chi connectivity index (χ2n) is 7.52. The first-order chi connectivity index (χ1) is 13.8. The molecule has 0 amide bonds. The Kier molecular flexibility index (Phi) is 8.76. The molecule has 29 heavy (non-hydrogen) atoms. The van der Waals surface area contributed by atoms with Crippen molar-refractivity contribution in [1.29, 1.82) is 0 Å². The molecule has 1 unspecified atom stereocenters. The minimum atomic E-state index is -3.51. The third-order valence-electron chi connectivity index (χ3n) is 4.45. The van der Waals surface area contributed by atoms with E-state index in [2.05, 4.69) is 36.2 Å². The standard InChI is InChI=1S/C23H35N2O3P/c1-7-25(8-2)22-16-14-20(15-17-22)23(24-21-12-10-9-11-13-21)29(26,27-18(3)4)28-19(5)6/h9-19,23-24H,7-8H2,1-6H3. The largest absolute Gasteiger partial charge is 0.372 e. The lowest BCUT2D eigenvalue weighted by molar-refractivity contribution is 0.138. The van der Waals surface area contributed by atoms with E-state index in [1.807, 2.05) is 70.2 Å². The Morgan fingerprint density at radius 1 is 0.862 bits per heavy atom. The maximum absolute atomic E-state index is 14.0. The summed E-state index contributed by atoms with van der Waals surface area (Å²) >= 11 is 0. The first-order valence-electron chi connectivity index (χ1n) is 10.4. The highest BCUT2D eigenvalue weighted by molar-refractivity contribution is 7.54. The Morgan fingerprint density at radius 3 is 1.83 bits per heavy atom. The van der Waals surface area contributed by atoms with Crippen molar-refractivity contribution in [3.8, 4) is 0 Å². The van der Waals surface area contributed by atoms with Gasteiger partial charge in [0, 0.05) is 24.5 Å². The zero-order chi connectivity index (χ0) is 21.4. The van der Waals surface area contributed by atoms with Crippen molar-refractivity contribution in [2.45, 2.75) is 59.5 Å². The molecule has 0 radical (unpaired) electrons. The SMILES string of the molecule is CCN(CC)c1ccc(C(Nc2ccccc2)P(=O)(OC(C)C)OC(C)C)cc1. The minimum Gasteiger partial charge on any atom is -0.372 e. The van der Waals surface area contributed by atoms with Crippen molar-refractivity contribution in [3.05, 3.63) is 60.2 Å². The van der Waals surface area contributed by atoms with Crippen LogP contribution >= 0.6 is 7.60 Å². The molecule has 0 aliphatic heterocycles. The monoisotopic (exact) mass is 418 g/mol. The molecule has 5 nitrogen and oxygen atoms in total. The molecule has 0 saturated heterocycles. The predicted molar refractivity (Wildman–Crippen MR) is 123 cm³/mol. The Balaban J connectivity index is 2.47. The van der Waals surface area contributed by atoms with Crippen LogP contribution in [0.4, 0.5) is 11.4 Å². The van der Waals surface area contributed by atoms with Crippen LogP contribution in [0.1, 0.15) is 52.9 Å². The average molecular weight is 419 g/mol. The Morgan fingerprint density at radius 2 is 1.38 bits per heavy atom. The summed E-state index contributed by atoms with van der Waals surface area (Å²) in [4.78, 5) is 2.28. The molecule has 160 valence electrons. The summed E-state index contributed by atoms with van der Waals surface area (Å²) in [5, 5.41) is 3.40. The van der Waals surface area contributed by atoms with E-state index in [0.717, 1.165) is 30.0 Å². The van der Waals surface area contributed by atoms with Crippen LogP contribution < -0.4 is 10.2 Å². The Labute approximate surface area is 176 Å². The lowest BCUT2D eigenvalue weighted by atomic mass is 10.2. The molecule has 1 N–H and O–H groups in total. The van der Waals surface area contributed by atoms with Crippen LogP contribution in [-0.4, -0.2) is 25.3 Å². The zero-order valence-corrected chi connectivity index (χ0v) is 19.4. The first-order valence-corrected chi connectivity index (χ1v) is 12.0. The molecule has 6 heteroatoms. The summed E-state index contributed by atoms with van der Waals surface area (Å²) in [6, 6.07) is 17.9. The van der Waals surface area contributed by atoms with Crippen molar-refractivity contribution in [3.63, 3.8) is 0 Å². The van der Waals surface area contributed by atoms with Crippen LogP contribution in [0.25, 0.3) is 0 Å². The highest BCUT2D eigenvalue weighted by atomic mass is 31.2. The van der Waals surface area contributed by atoms with Gasteiger partial charge in [0.05, 0.1) is 12.2 Å². The number of nitrogens with one attached hydrogen (secondary N) is 1. The van der Waals surface area contributed by atoms with Crippen LogP contribution in [0.15, 0.2) is 54.6 Å². The van der Waals surface area contributed by atoms with E-state index in [1.165, 1.54) is 0 Å². The van der Waals surface area contributed by atoms with Crippen LogP contribution in [0.3, 0.4) is 0 Å². The molecule has 0 saturated carbocycles. The number of benzene rings is 2. The van der Waals surface area contributed by atoms with Crippen molar-refractivity contribution in [1.82, 2.24) is 0 Å². The van der Waals surface area contributed by atoms with Gasteiger partial charge in [-0.15, -0.1) is 0 Å². The molecule has 0 spiro atoms. The normalized spacial score (nSPS) is 13.0. The summed E-state index contributed by atoms with van der Waals surface area (Å²) in [7, 11) is -3.51. The Hall–Kier alpha value is -1.81. The predicted octanol–water partition coefficient (Wildman–Crippen LogP) is 6.69. The summed E-state index contributed by atoms with van der Waals surface area (Å²) in [5.74, 6) is -0.611. The third kappa shape index (κ3) is 6.60. The zero-order valence-electron chi connectivity index (χ0n) is 18.5. The van der Waals surface area contributed by atoms with Crippen molar-refractivity contribution in [2.75, 3.05) is 23.3 Å². The molecular weight excluding hydrogens is 383 g/mol. The van der Waals surface area contributed by atoms with Gasteiger partial charge in [-0.3, -0.25) is 4.57 Å². The molecule has 0 aromatic heterocycles. The van der Waals surface area contributed by atoms with Crippen molar-refractivity contribution >= 4 is 19.0 Å². The van der Waals surface area contributed by atoms with E-state index >= 15 is 0 Å². The van der Waals surface area contributed by atoms with Gasteiger partial charge in [-0.25, -0.2) is 0 Å². The fourth-order valence-electron chi connectivity index (χ4n) is 3.23. The van der Waals surface area contributed by atoms with Gasteiger partial charge in [-0.2, -0.15) is 0 Å². The summed E-state index contributed by atoms with van der Waals surface area (Å²) in [6.45, 7) is 13.6. The fraction of sp³-hybridized carbons (Fsp3) is 0.478. The number of rotatable bonds is 11. The summed E-state index contributed by atoms with van der Waals surface area (Å²) in [5.41, 5.74) is 2.88. The van der Waals surface area contributed by atoms with Gasteiger partial charge in [0.1, 0.15) is 0 Å². The van der Waals surface area contributed by atoms with Crippen molar-refractivity contribution < 1.29 is 13.6 Å². The molecule has 0 aliphatic rings. The van der Waals surface area contributed by atoms with E-state index < -0.39 is 13.4 Å². The van der Waals surface area contributed by atoms with E-state index in [1.54, 1.807) is 0 Å². The van der Waals surface area contributed by atoms with Crippen LogP contribution in [-0.2, 0) is 13.6 Å². The number of nitrogens with zero attached hydrogens (tertiary/aromatic N) is 1. The van der Waals surface area contributed by atoms with Gasteiger partial charge in [0.2, 0.25) is 0 Å². The molecule has 0 heterocycles. The lowest BCUT2D eigenvalue weighted by Gasteiger charge is -2.31. The lowest BCUT2D eigenvalue weighted by Crippen LogP contribution is -2.22. The van der Waals surface area contributed by atoms with Gasteiger partial charge in [-0.05, 0) is 71.4 Å². The number of para-hydroxylation sites is 1. The molecule has 2 rings (SSSR count).